The Balaban J connectivity index is 1.82. The molecule has 0 fully saturated rings. The SMILES string of the molecule is CC([SiH2][SiH2][SiH2]c1ccccc1)(c1ccccc1)c1ccccc1. The van der Waals surface area contributed by atoms with E-state index in [0.717, 1.165) is 0 Å². The van der Waals surface area contributed by atoms with Crippen molar-refractivity contribution < 1.29 is 0 Å². The summed E-state index contributed by atoms with van der Waals surface area (Å²) in [6.45, 7) is 2.50. The largest absolute Gasteiger partial charge is 0.0704 e. The molecule has 0 spiro atoms. The molecule has 0 aliphatic heterocycles. The Morgan fingerprint density at radius 3 is 1.52 bits per heavy atom. The van der Waals surface area contributed by atoms with Gasteiger partial charge in [0.25, 0.3) is 0 Å². The lowest BCUT2D eigenvalue weighted by Crippen LogP contribution is -2.39. The first-order valence-electron chi connectivity index (χ1n) is 8.44. The second-order valence-electron chi connectivity index (χ2n) is 6.40. The van der Waals surface area contributed by atoms with Gasteiger partial charge in [-0.05, 0) is 11.1 Å². The van der Waals surface area contributed by atoms with Crippen molar-refractivity contribution in [1.82, 2.24) is 0 Å². The van der Waals surface area contributed by atoms with Gasteiger partial charge in [0.1, 0.15) is 0 Å². The monoisotopic (exact) mass is 348 g/mol. The van der Waals surface area contributed by atoms with Crippen molar-refractivity contribution in [2.75, 3.05) is 0 Å². The lowest BCUT2D eigenvalue weighted by Gasteiger charge is -2.31. The molecular weight excluding hydrogens is 324 g/mol. The summed E-state index contributed by atoms with van der Waals surface area (Å²) in [5.41, 5.74) is 3.04. The summed E-state index contributed by atoms with van der Waals surface area (Å²) in [5, 5.41) is 1.96. The molecule has 0 saturated carbocycles. The Morgan fingerprint density at radius 1 is 0.609 bits per heavy atom. The van der Waals surface area contributed by atoms with Crippen LogP contribution in [0.15, 0.2) is 91.0 Å². The Bertz CT molecular complexity index is 672. The minimum absolute atomic E-state index is 0.000381. The van der Waals surface area contributed by atoms with E-state index in [2.05, 4.69) is 97.9 Å². The van der Waals surface area contributed by atoms with E-state index in [1.165, 1.54) is 11.1 Å². The lowest BCUT2D eigenvalue weighted by molar-refractivity contribution is 0.816. The molecule has 0 radical (unpaired) electrons. The van der Waals surface area contributed by atoms with Crippen LogP contribution in [0.4, 0.5) is 0 Å². The van der Waals surface area contributed by atoms with E-state index in [1.807, 2.05) is 0 Å². The predicted molar refractivity (Wildman–Crippen MR) is 111 cm³/mol. The van der Waals surface area contributed by atoms with Gasteiger partial charge in [-0.2, -0.15) is 0 Å². The highest BCUT2D eigenvalue weighted by Crippen LogP contribution is 2.30. The molecule has 0 amide bonds. The van der Waals surface area contributed by atoms with Crippen LogP contribution in [-0.2, 0) is 5.04 Å². The normalized spacial score (nSPS) is 12.9. The van der Waals surface area contributed by atoms with Crippen molar-refractivity contribution in [3.63, 3.8) is 0 Å². The van der Waals surface area contributed by atoms with Gasteiger partial charge in [-0.25, -0.2) is 0 Å². The first kappa shape index (κ1) is 16.2. The lowest BCUT2D eigenvalue weighted by atomic mass is 9.92. The molecule has 23 heavy (non-hydrogen) atoms. The Hall–Kier alpha value is -1.69. The van der Waals surface area contributed by atoms with E-state index in [1.54, 1.807) is 5.19 Å². The summed E-state index contributed by atoms with van der Waals surface area (Å²) in [7, 11) is -0.0123. The summed E-state index contributed by atoms with van der Waals surface area (Å²) >= 11 is 0. The topological polar surface area (TPSA) is 0 Å². The van der Waals surface area contributed by atoms with Crippen molar-refractivity contribution in [3.05, 3.63) is 102 Å². The van der Waals surface area contributed by atoms with Crippen LogP contribution in [0.25, 0.3) is 0 Å². The van der Waals surface area contributed by atoms with Crippen LogP contribution in [-0.4, -0.2) is 26.6 Å². The summed E-state index contributed by atoms with van der Waals surface area (Å²) in [4.78, 5) is 0. The highest BCUT2D eigenvalue weighted by molar-refractivity contribution is 7.33. The maximum Gasteiger partial charge on any atom is 0.0393 e. The third kappa shape index (κ3) is 3.99. The van der Waals surface area contributed by atoms with Crippen molar-refractivity contribution in [2.24, 2.45) is 0 Å². The molecule has 0 bridgehead atoms. The van der Waals surface area contributed by atoms with Gasteiger partial charge in [0.05, 0.1) is 0 Å². The Morgan fingerprint density at radius 2 is 1.04 bits per heavy atom. The van der Waals surface area contributed by atoms with Crippen LogP contribution in [0, 0.1) is 0 Å². The summed E-state index contributed by atoms with van der Waals surface area (Å²) in [6.07, 6.45) is 0. The average molecular weight is 349 g/mol. The van der Waals surface area contributed by atoms with Crippen LogP contribution < -0.4 is 5.19 Å². The van der Waals surface area contributed by atoms with E-state index in [-0.39, 0.29) is 26.6 Å². The minimum Gasteiger partial charge on any atom is -0.0704 e. The maximum atomic E-state index is 2.50. The summed E-state index contributed by atoms with van der Waals surface area (Å²) < 4.78 is 0. The van der Waals surface area contributed by atoms with Crippen LogP contribution >= 0.6 is 0 Å². The number of hydrogen-bond donors (Lipinski definition) is 0. The predicted octanol–water partition coefficient (Wildman–Crippen LogP) is 1.61. The fourth-order valence-corrected chi connectivity index (χ4v) is 24.5. The number of benzene rings is 3. The molecule has 0 nitrogen and oxygen atoms in total. The second kappa shape index (κ2) is 7.73. The zero-order valence-electron chi connectivity index (χ0n) is 13.8. The smallest absolute Gasteiger partial charge is 0.0393 e. The van der Waals surface area contributed by atoms with E-state index < -0.39 is 0 Å². The van der Waals surface area contributed by atoms with Gasteiger partial charge < -0.3 is 0 Å². The molecule has 116 valence electrons. The van der Waals surface area contributed by atoms with Gasteiger partial charge in [0.2, 0.25) is 0 Å². The fraction of sp³-hybridized carbons (Fsp3) is 0.100. The molecular formula is C20H24Si3. The first-order chi connectivity index (χ1) is 11.3. The molecule has 0 N–H and O–H groups in total. The van der Waals surface area contributed by atoms with Crippen molar-refractivity contribution >= 4 is 31.8 Å². The van der Waals surface area contributed by atoms with Gasteiger partial charge in [-0.3, -0.25) is 0 Å². The Labute approximate surface area is 146 Å². The van der Waals surface area contributed by atoms with E-state index in [0.29, 0.717) is 5.04 Å². The van der Waals surface area contributed by atoms with Gasteiger partial charge in [-0.15, -0.1) is 0 Å². The molecule has 0 saturated heterocycles. The molecule has 3 aromatic rings. The molecule has 0 unspecified atom stereocenters. The van der Waals surface area contributed by atoms with Crippen molar-refractivity contribution in [1.29, 1.82) is 0 Å². The standard InChI is InChI=1S/C20H24Si3/c1-20(17-11-5-2-6-12-17,18-13-7-3-8-14-18)22-23-21-19-15-9-4-10-16-19/h2-16H,21-23H2,1H3. The maximum absolute atomic E-state index is 2.50. The van der Waals surface area contributed by atoms with Crippen LogP contribution in [0.5, 0.6) is 0 Å². The molecule has 0 aromatic heterocycles. The molecule has 0 aliphatic carbocycles. The van der Waals surface area contributed by atoms with Gasteiger partial charge in [-0.1, -0.05) is 103 Å². The van der Waals surface area contributed by atoms with Crippen LogP contribution in [0.3, 0.4) is 0 Å². The van der Waals surface area contributed by atoms with Gasteiger partial charge in [0, 0.05) is 31.7 Å². The zero-order valence-corrected chi connectivity index (χ0v) is 18.0. The molecule has 3 aromatic carbocycles. The highest BCUT2D eigenvalue weighted by atomic mass is 29.5. The van der Waals surface area contributed by atoms with E-state index >= 15 is 0 Å². The van der Waals surface area contributed by atoms with Gasteiger partial charge in [0.15, 0.2) is 0 Å². The quantitative estimate of drug-likeness (QED) is 0.594. The van der Waals surface area contributed by atoms with Crippen LogP contribution in [0.1, 0.15) is 18.1 Å². The molecule has 3 rings (SSSR count). The van der Waals surface area contributed by atoms with E-state index in [4.69, 9.17) is 0 Å². The van der Waals surface area contributed by atoms with Crippen molar-refractivity contribution in [3.8, 4) is 0 Å². The third-order valence-corrected chi connectivity index (χ3v) is 21.6. The zero-order chi connectivity index (χ0) is 16.0. The summed E-state index contributed by atoms with van der Waals surface area (Å²) in [6, 6.07) is 33.6. The molecule has 0 aliphatic rings. The minimum atomic E-state index is -0.111. The van der Waals surface area contributed by atoms with Gasteiger partial charge >= 0.3 is 0 Å². The summed E-state index contributed by atoms with van der Waals surface area (Å²) in [5.74, 6) is 0. The van der Waals surface area contributed by atoms with E-state index in [9.17, 15) is 0 Å². The third-order valence-electron chi connectivity index (χ3n) is 4.81. The molecule has 0 heterocycles. The fourth-order valence-electron chi connectivity index (χ4n) is 3.36. The number of hydrogen-bond acceptors (Lipinski definition) is 0. The first-order valence-corrected chi connectivity index (χ1v) is 17.9. The van der Waals surface area contributed by atoms with Crippen molar-refractivity contribution in [2.45, 2.75) is 12.0 Å². The Kier molecular flexibility index (Phi) is 5.43. The number of rotatable bonds is 6. The molecule has 3 heteroatoms. The average Bonchev–Trinajstić information content (AvgIpc) is 2.64. The highest BCUT2D eigenvalue weighted by Gasteiger charge is 2.28. The molecule has 0 atom stereocenters. The second-order valence-corrected chi connectivity index (χ2v) is 21.8. The van der Waals surface area contributed by atoms with Crippen LogP contribution in [0.2, 0.25) is 0 Å².